The molecule has 1 aromatic rings. The third-order valence-electron chi connectivity index (χ3n) is 5.01. The molecule has 124 valence electrons. The van der Waals surface area contributed by atoms with Gasteiger partial charge in [0.15, 0.2) is 0 Å². The van der Waals surface area contributed by atoms with Crippen molar-refractivity contribution in [1.82, 2.24) is 4.31 Å². The van der Waals surface area contributed by atoms with Crippen molar-refractivity contribution in [2.75, 3.05) is 18.8 Å². The molecule has 1 aliphatic heterocycles. The number of halogens is 1. The van der Waals surface area contributed by atoms with Crippen LogP contribution in [0.15, 0.2) is 30.3 Å². The number of fused-ring (bicyclic) bond motifs is 1. The number of hydrogen-bond acceptors (Lipinski definition) is 3. The molecule has 22 heavy (non-hydrogen) atoms. The zero-order valence-electron chi connectivity index (χ0n) is 12.7. The molecule has 3 rings (SSSR count). The van der Waals surface area contributed by atoms with Gasteiger partial charge >= 0.3 is 0 Å². The van der Waals surface area contributed by atoms with Crippen molar-refractivity contribution in [1.29, 1.82) is 0 Å². The van der Waals surface area contributed by atoms with Crippen molar-refractivity contribution in [3.05, 3.63) is 35.9 Å². The van der Waals surface area contributed by atoms with Crippen LogP contribution in [0.2, 0.25) is 0 Å². The summed E-state index contributed by atoms with van der Waals surface area (Å²) in [6.45, 7) is 1.30. The average molecular weight is 345 g/mol. The van der Waals surface area contributed by atoms with Crippen LogP contribution in [0.1, 0.15) is 24.8 Å². The zero-order chi connectivity index (χ0) is 14.9. The summed E-state index contributed by atoms with van der Waals surface area (Å²) < 4.78 is 26.8. The molecule has 2 N–H and O–H groups in total. The molecule has 3 unspecified atom stereocenters. The highest BCUT2D eigenvalue weighted by Crippen LogP contribution is 2.36. The minimum absolute atomic E-state index is 0. The van der Waals surface area contributed by atoms with Gasteiger partial charge in [0, 0.05) is 19.1 Å². The topological polar surface area (TPSA) is 63.4 Å². The van der Waals surface area contributed by atoms with Crippen LogP contribution in [0.25, 0.3) is 0 Å². The molecule has 1 aliphatic carbocycles. The van der Waals surface area contributed by atoms with Crippen LogP contribution in [0.3, 0.4) is 0 Å². The highest BCUT2D eigenvalue weighted by molar-refractivity contribution is 7.89. The largest absolute Gasteiger partial charge is 0.327 e. The van der Waals surface area contributed by atoms with E-state index < -0.39 is 10.0 Å². The van der Waals surface area contributed by atoms with E-state index in [0.717, 1.165) is 24.8 Å². The lowest BCUT2D eigenvalue weighted by molar-refractivity contribution is 0.260. The van der Waals surface area contributed by atoms with Gasteiger partial charge < -0.3 is 5.73 Å². The fraction of sp³-hybridized carbons (Fsp3) is 0.625. The minimum Gasteiger partial charge on any atom is -0.327 e. The summed E-state index contributed by atoms with van der Waals surface area (Å²) in [6, 6.07) is 9.99. The summed E-state index contributed by atoms with van der Waals surface area (Å²) in [5.41, 5.74) is 7.25. The number of sulfonamides is 1. The van der Waals surface area contributed by atoms with Gasteiger partial charge in [-0.25, -0.2) is 12.7 Å². The molecule has 0 amide bonds. The summed E-state index contributed by atoms with van der Waals surface area (Å²) in [7, 11) is -3.16. The Bertz CT molecular complexity index is 579. The number of hydrogen-bond donors (Lipinski definition) is 1. The maximum absolute atomic E-state index is 12.5. The van der Waals surface area contributed by atoms with Gasteiger partial charge in [0.25, 0.3) is 0 Å². The lowest BCUT2D eigenvalue weighted by Crippen LogP contribution is -2.38. The molecule has 1 aromatic carbocycles. The third-order valence-corrected chi connectivity index (χ3v) is 6.81. The predicted octanol–water partition coefficient (Wildman–Crippen LogP) is 2.04. The Morgan fingerprint density at radius 2 is 1.86 bits per heavy atom. The van der Waals surface area contributed by atoms with Crippen molar-refractivity contribution >= 4 is 22.4 Å². The van der Waals surface area contributed by atoms with Crippen molar-refractivity contribution in [2.24, 2.45) is 17.6 Å². The van der Waals surface area contributed by atoms with E-state index in [1.165, 1.54) is 0 Å². The molecule has 1 saturated heterocycles. The standard InChI is InChI=1S/C16H24N2O2S.ClH/c17-16-8-4-7-14-11-18(12-15(14)16)21(19,20)10-9-13-5-2-1-3-6-13;/h1-3,5-6,14-16H,4,7-12,17H2;1H. The lowest BCUT2D eigenvalue weighted by Gasteiger charge is -2.29. The first-order valence-corrected chi connectivity index (χ1v) is 9.44. The van der Waals surface area contributed by atoms with Gasteiger partial charge in [0.1, 0.15) is 0 Å². The van der Waals surface area contributed by atoms with E-state index in [4.69, 9.17) is 5.73 Å². The molecule has 1 saturated carbocycles. The number of aryl methyl sites for hydroxylation is 1. The molecular weight excluding hydrogens is 320 g/mol. The Hall–Kier alpha value is -0.620. The van der Waals surface area contributed by atoms with Gasteiger partial charge in [-0.15, -0.1) is 12.4 Å². The second kappa shape index (κ2) is 7.30. The predicted molar refractivity (Wildman–Crippen MR) is 91.6 cm³/mol. The van der Waals surface area contributed by atoms with Gasteiger partial charge in [-0.1, -0.05) is 36.8 Å². The average Bonchev–Trinajstić information content (AvgIpc) is 2.93. The number of rotatable bonds is 4. The first-order valence-electron chi connectivity index (χ1n) is 7.83. The van der Waals surface area contributed by atoms with E-state index in [1.54, 1.807) is 4.31 Å². The molecule has 6 heteroatoms. The maximum atomic E-state index is 12.5. The normalized spacial score (nSPS) is 28.9. The van der Waals surface area contributed by atoms with Crippen LogP contribution in [-0.2, 0) is 16.4 Å². The molecule has 1 heterocycles. The summed E-state index contributed by atoms with van der Waals surface area (Å²) in [5, 5.41) is 0. The Morgan fingerprint density at radius 1 is 1.14 bits per heavy atom. The van der Waals surface area contributed by atoms with Crippen LogP contribution in [0.4, 0.5) is 0 Å². The number of nitrogens with zero attached hydrogens (tertiary/aromatic N) is 1. The lowest BCUT2D eigenvalue weighted by atomic mass is 9.78. The van der Waals surface area contributed by atoms with Crippen LogP contribution >= 0.6 is 12.4 Å². The third kappa shape index (κ3) is 3.82. The van der Waals surface area contributed by atoms with Gasteiger partial charge in [0.05, 0.1) is 5.75 Å². The van der Waals surface area contributed by atoms with Crippen molar-refractivity contribution < 1.29 is 8.42 Å². The zero-order valence-corrected chi connectivity index (χ0v) is 14.4. The van der Waals surface area contributed by atoms with Gasteiger partial charge in [-0.2, -0.15) is 0 Å². The van der Waals surface area contributed by atoms with E-state index in [0.29, 0.717) is 31.3 Å². The Morgan fingerprint density at radius 3 is 2.55 bits per heavy atom. The van der Waals surface area contributed by atoms with Crippen molar-refractivity contribution in [3.8, 4) is 0 Å². The molecule has 3 atom stereocenters. The first kappa shape index (κ1) is 17.7. The Balaban J connectivity index is 0.00000176. The molecule has 2 aliphatic rings. The first-order chi connectivity index (χ1) is 10.1. The van der Waals surface area contributed by atoms with Gasteiger partial charge in [-0.05, 0) is 36.7 Å². The summed E-state index contributed by atoms with van der Waals surface area (Å²) in [4.78, 5) is 0. The van der Waals surface area contributed by atoms with Gasteiger partial charge in [0.2, 0.25) is 10.0 Å². The molecule has 0 aromatic heterocycles. The molecule has 4 nitrogen and oxygen atoms in total. The quantitative estimate of drug-likeness (QED) is 0.909. The van der Waals surface area contributed by atoms with E-state index in [-0.39, 0.29) is 24.2 Å². The van der Waals surface area contributed by atoms with Crippen molar-refractivity contribution in [3.63, 3.8) is 0 Å². The summed E-state index contributed by atoms with van der Waals surface area (Å²) >= 11 is 0. The number of benzene rings is 1. The monoisotopic (exact) mass is 344 g/mol. The second-order valence-electron chi connectivity index (χ2n) is 6.39. The highest BCUT2D eigenvalue weighted by Gasteiger charge is 2.42. The molecular formula is C16H25ClN2O2S. The Kier molecular flexibility index (Phi) is 5.88. The SMILES string of the molecule is Cl.NC1CCCC2CN(S(=O)(=O)CCc3ccccc3)CC12. The molecule has 2 fully saturated rings. The summed E-state index contributed by atoms with van der Waals surface area (Å²) in [5.74, 6) is 1.04. The smallest absolute Gasteiger partial charge is 0.214 e. The van der Waals surface area contributed by atoms with Crippen LogP contribution in [0.5, 0.6) is 0 Å². The molecule has 0 spiro atoms. The molecule has 0 bridgehead atoms. The van der Waals surface area contributed by atoms with Crippen LogP contribution in [-0.4, -0.2) is 37.6 Å². The van der Waals surface area contributed by atoms with E-state index >= 15 is 0 Å². The van der Waals surface area contributed by atoms with E-state index in [2.05, 4.69) is 0 Å². The van der Waals surface area contributed by atoms with Crippen LogP contribution in [0, 0.1) is 11.8 Å². The second-order valence-corrected chi connectivity index (χ2v) is 8.48. The van der Waals surface area contributed by atoms with Gasteiger partial charge in [-0.3, -0.25) is 0 Å². The fourth-order valence-electron chi connectivity index (χ4n) is 3.72. The minimum atomic E-state index is -3.16. The Labute approximate surface area is 139 Å². The van der Waals surface area contributed by atoms with Crippen LogP contribution < -0.4 is 5.73 Å². The summed E-state index contributed by atoms with van der Waals surface area (Å²) in [6.07, 6.45) is 3.89. The maximum Gasteiger partial charge on any atom is 0.214 e. The van der Waals surface area contributed by atoms with E-state index in [9.17, 15) is 8.42 Å². The number of nitrogens with two attached hydrogens (primary N) is 1. The van der Waals surface area contributed by atoms with E-state index in [1.807, 2.05) is 30.3 Å². The van der Waals surface area contributed by atoms with Crippen molar-refractivity contribution in [2.45, 2.75) is 31.7 Å². The highest BCUT2D eigenvalue weighted by atomic mass is 35.5. The fourth-order valence-corrected chi connectivity index (χ4v) is 5.29. The molecule has 0 radical (unpaired) electrons.